The van der Waals surface area contributed by atoms with Gasteiger partial charge in [0, 0.05) is 18.4 Å². The molecule has 0 amide bonds. The third kappa shape index (κ3) is 3.24. The van der Waals surface area contributed by atoms with Crippen molar-refractivity contribution in [3.8, 4) is 11.4 Å². The highest BCUT2D eigenvalue weighted by Crippen LogP contribution is 2.38. The molecule has 3 N–H and O–H groups in total. The van der Waals surface area contributed by atoms with Gasteiger partial charge < -0.3 is 10.4 Å². The van der Waals surface area contributed by atoms with Gasteiger partial charge >= 0.3 is 6.18 Å². The molecule has 1 fully saturated rings. The molecule has 1 aliphatic carbocycles. The highest BCUT2D eigenvalue weighted by molar-refractivity contribution is 6.02. The zero-order valence-electron chi connectivity index (χ0n) is 15.7. The summed E-state index contributed by atoms with van der Waals surface area (Å²) in [5, 5.41) is 24.5. The molecule has 2 atom stereocenters. The molecule has 156 valence electrons. The zero-order chi connectivity index (χ0) is 20.9. The van der Waals surface area contributed by atoms with Crippen LogP contribution in [0.25, 0.3) is 27.9 Å². The van der Waals surface area contributed by atoms with E-state index in [-0.39, 0.29) is 23.4 Å². The third-order valence-electron chi connectivity index (χ3n) is 5.35. The molecule has 0 unspecified atom stereocenters. The molecule has 11 heteroatoms. The van der Waals surface area contributed by atoms with Crippen LogP contribution in [-0.4, -0.2) is 47.0 Å². The number of pyridine rings is 1. The lowest BCUT2D eigenvalue weighted by Crippen LogP contribution is -2.30. The van der Waals surface area contributed by atoms with Crippen molar-refractivity contribution in [3.05, 3.63) is 36.2 Å². The Bertz CT molecular complexity index is 1220. The van der Waals surface area contributed by atoms with E-state index in [0.29, 0.717) is 23.0 Å². The van der Waals surface area contributed by atoms with Gasteiger partial charge in [0.15, 0.2) is 5.65 Å². The fourth-order valence-electron chi connectivity index (χ4n) is 3.96. The Morgan fingerprint density at radius 2 is 2.07 bits per heavy atom. The molecule has 8 nitrogen and oxygen atoms in total. The Morgan fingerprint density at radius 3 is 2.87 bits per heavy atom. The van der Waals surface area contributed by atoms with Crippen LogP contribution in [0.2, 0.25) is 0 Å². The highest BCUT2D eigenvalue weighted by Gasteiger charge is 2.37. The van der Waals surface area contributed by atoms with Crippen LogP contribution in [0.5, 0.6) is 0 Å². The predicted octanol–water partition coefficient (Wildman–Crippen LogP) is 3.40. The Kier molecular flexibility index (Phi) is 4.35. The first kappa shape index (κ1) is 18.8. The van der Waals surface area contributed by atoms with Crippen molar-refractivity contribution in [1.82, 2.24) is 29.8 Å². The van der Waals surface area contributed by atoms with Crippen LogP contribution in [0.4, 0.5) is 19.1 Å². The molecule has 4 heterocycles. The molecule has 1 saturated carbocycles. The first-order valence-electron chi connectivity index (χ1n) is 9.61. The van der Waals surface area contributed by atoms with Crippen LogP contribution in [0, 0.1) is 0 Å². The minimum atomic E-state index is -4.65. The van der Waals surface area contributed by atoms with Crippen molar-refractivity contribution in [2.45, 2.75) is 44.0 Å². The van der Waals surface area contributed by atoms with Gasteiger partial charge in [-0.15, -0.1) is 5.10 Å². The topological polar surface area (TPSA) is 104 Å². The van der Waals surface area contributed by atoms with Gasteiger partial charge in [-0.3, -0.25) is 5.10 Å². The average molecular weight is 417 g/mol. The minimum absolute atomic E-state index is 0.0626. The molecule has 0 aliphatic heterocycles. The van der Waals surface area contributed by atoms with Gasteiger partial charge in [0.2, 0.25) is 5.95 Å². The smallest absolute Gasteiger partial charge is 0.393 e. The lowest BCUT2D eigenvalue weighted by Gasteiger charge is -2.26. The molecule has 0 aromatic carbocycles. The quantitative estimate of drug-likeness (QED) is 0.472. The number of fused-ring (bicyclic) bond motifs is 3. The Labute approximate surface area is 168 Å². The summed E-state index contributed by atoms with van der Waals surface area (Å²) in [4.78, 5) is 8.08. The van der Waals surface area contributed by atoms with Crippen LogP contribution >= 0.6 is 0 Å². The van der Waals surface area contributed by atoms with E-state index in [0.717, 1.165) is 25.5 Å². The lowest BCUT2D eigenvalue weighted by atomic mass is 9.93. The lowest BCUT2D eigenvalue weighted by molar-refractivity contribution is -0.137. The second kappa shape index (κ2) is 6.94. The van der Waals surface area contributed by atoms with E-state index in [1.807, 2.05) is 0 Å². The number of nitrogens with one attached hydrogen (secondary N) is 2. The van der Waals surface area contributed by atoms with E-state index in [1.54, 1.807) is 28.9 Å². The van der Waals surface area contributed by atoms with E-state index in [1.165, 1.54) is 0 Å². The van der Waals surface area contributed by atoms with Gasteiger partial charge in [-0.05, 0) is 37.8 Å². The number of H-pyrrole nitrogens is 1. The van der Waals surface area contributed by atoms with Crippen molar-refractivity contribution in [1.29, 1.82) is 0 Å². The predicted molar refractivity (Wildman–Crippen MR) is 103 cm³/mol. The number of aromatic amines is 1. The third-order valence-corrected chi connectivity index (χ3v) is 5.35. The molecule has 4 aromatic rings. The Balaban J connectivity index is 1.63. The average Bonchev–Trinajstić information content (AvgIpc) is 3.26. The molecule has 4 aromatic heterocycles. The number of aliphatic hydroxyl groups excluding tert-OH is 1. The SMILES string of the molecule is O[C@H]1CCC[C@@H](Nc2ncc(C(F)(F)F)c(-c3n[nH]c4nn5ccccc5c34)n2)C1. The maximum absolute atomic E-state index is 13.7. The van der Waals surface area contributed by atoms with Crippen LogP contribution in [0.15, 0.2) is 30.6 Å². The molecule has 5 rings (SSSR count). The number of rotatable bonds is 3. The first-order chi connectivity index (χ1) is 14.4. The van der Waals surface area contributed by atoms with Crippen LogP contribution in [0.3, 0.4) is 0 Å². The van der Waals surface area contributed by atoms with Crippen LogP contribution in [0.1, 0.15) is 31.2 Å². The van der Waals surface area contributed by atoms with E-state index in [2.05, 4.69) is 30.6 Å². The van der Waals surface area contributed by atoms with E-state index < -0.39 is 17.8 Å². The van der Waals surface area contributed by atoms with Gasteiger partial charge in [-0.1, -0.05) is 6.07 Å². The highest BCUT2D eigenvalue weighted by atomic mass is 19.4. The summed E-state index contributed by atoms with van der Waals surface area (Å²) in [6.45, 7) is 0. The Morgan fingerprint density at radius 1 is 1.20 bits per heavy atom. The summed E-state index contributed by atoms with van der Waals surface area (Å²) in [5.74, 6) is 0.0738. The summed E-state index contributed by atoms with van der Waals surface area (Å²) >= 11 is 0. The largest absolute Gasteiger partial charge is 0.420 e. The van der Waals surface area contributed by atoms with E-state index in [9.17, 15) is 18.3 Å². The van der Waals surface area contributed by atoms with E-state index >= 15 is 0 Å². The van der Waals surface area contributed by atoms with Crippen molar-refractivity contribution < 1.29 is 18.3 Å². The summed E-state index contributed by atoms with van der Waals surface area (Å²) in [6, 6.07) is 5.21. The molecule has 1 aliphatic rings. The number of nitrogens with zero attached hydrogens (tertiary/aromatic N) is 5. The van der Waals surface area contributed by atoms with Gasteiger partial charge in [0.1, 0.15) is 17.0 Å². The molecule has 0 bridgehead atoms. The molecule has 0 radical (unpaired) electrons. The van der Waals surface area contributed by atoms with Crippen molar-refractivity contribution in [3.63, 3.8) is 0 Å². The molecular weight excluding hydrogens is 399 g/mol. The van der Waals surface area contributed by atoms with Gasteiger partial charge in [0.05, 0.1) is 17.0 Å². The molecule has 30 heavy (non-hydrogen) atoms. The van der Waals surface area contributed by atoms with Gasteiger partial charge in [-0.2, -0.15) is 18.3 Å². The summed E-state index contributed by atoms with van der Waals surface area (Å²) in [5.41, 5.74) is -0.241. The van der Waals surface area contributed by atoms with E-state index in [4.69, 9.17) is 0 Å². The fraction of sp³-hybridized carbons (Fsp3) is 0.368. The normalized spacial score (nSPS) is 20.1. The maximum Gasteiger partial charge on any atom is 0.420 e. The second-order valence-corrected chi connectivity index (χ2v) is 7.44. The standard InChI is InChI=1S/C19H18F3N7O/c20-19(21,22)12-9-23-18(24-10-4-3-5-11(30)8-10)25-15(12)16-14-13-6-1-2-7-29(13)28-17(14)27-26-16/h1-2,6-7,9-11,30H,3-5,8H2,(H,27,28)(H,23,24,25)/t10-,11+/m1/s1. The number of halogens is 3. The Hall–Kier alpha value is -3.21. The monoisotopic (exact) mass is 417 g/mol. The molecule has 0 saturated heterocycles. The molecular formula is C19H18F3N7O. The number of hydrogen-bond donors (Lipinski definition) is 3. The van der Waals surface area contributed by atoms with Crippen LogP contribution < -0.4 is 5.32 Å². The number of hydrogen-bond acceptors (Lipinski definition) is 6. The number of alkyl halides is 3. The number of anilines is 1. The maximum atomic E-state index is 13.7. The number of aromatic nitrogens is 6. The van der Waals surface area contributed by atoms with Crippen molar-refractivity contribution in [2.24, 2.45) is 0 Å². The summed E-state index contributed by atoms with van der Waals surface area (Å²) in [7, 11) is 0. The van der Waals surface area contributed by atoms with Crippen molar-refractivity contribution >= 4 is 22.5 Å². The second-order valence-electron chi connectivity index (χ2n) is 7.44. The fourth-order valence-corrected chi connectivity index (χ4v) is 3.96. The van der Waals surface area contributed by atoms with Crippen LogP contribution in [-0.2, 0) is 6.18 Å². The molecule has 0 spiro atoms. The summed E-state index contributed by atoms with van der Waals surface area (Å²) < 4.78 is 42.8. The van der Waals surface area contributed by atoms with Gasteiger partial charge in [-0.25, -0.2) is 14.5 Å². The zero-order valence-corrected chi connectivity index (χ0v) is 15.7. The van der Waals surface area contributed by atoms with Crippen molar-refractivity contribution in [2.75, 3.05) is 5.32 Å². The number of aliphatic hydroxyl groups is 1. The summed E-state index contributed by atoms with van der Waals surface area (Å²) in [6.07, 6.45) is 0.234. The minimum Gasteiger partial charge on any atom is -0.393 e. The first-order valence-corrected chi connectivity index (χ1v) is 9.61. The van der Waals surface area contributed by atoms with Gasteiger partial charge in [0.25, 0.3) is 0 Å².